The highest BCUT2D eigenvalue weighted by Gasteiger charge is 2.25. The number of hydrogen-bond donors (Lipinski definition) is 3. The Balaban J connectivity index is 2.40. The topological polar surface area (TPSA) is 87.7 Å². The van der Waals surface area contributed by atoms with Gasteiger partial charge in [-0.1, -0.05) is 19.8 Å². The number of carbonyl (C=O) groups excluding carboxylic acids is 1. The zero-order chi connectivity index (χ0) is 14.3. The molecular formula is C13H24N2O4. The minimum atomic E-state index is -1.04. The lowest BCUT2D eigenvalue weighted by atomic mass is 9.86. The fraction of sp³-hybridized carbons (Fsp3) is 0.846. The van der Waals surface area contributed by atoms with Gasteiger partial charge >= 0.3 is 12.0 Å². The summed E-state index contributed by atoms with van der Waals surface area (Å²) in [4.78, 5) is 22.8. The predicted octanol–water partition coefficient (Wildman–Crippen LogP) is 1.35. The summed E-state index contributed by atoms with van der Waals surface area (Å²) in [7, 11) is 1.50. The zero-order valence-electron chi connectivity index (χ0n) is 11.6. The van der Waals surface area contributed by atoms with E-state index in [-0.39, 0.29) is 12.5 Å². The van der Waals surface area contributed by atoms with Crippen LogP contribution in [0.1, 0.15) is 39.0 Å². The fourth-order valence-corrected chi connectivity index (χ4v) is 2.39. The summed E-state index contributed by atoms with van der Waals surface area (Å²) in [6.07, 6.45) is 4.65. The third-order valence-corrected chi connectivity index (χ3v) is 3.64. The van der Waals surface area contributed by atoms with E-state index in [1.807, 2.05) is 0 Å². The van der Waals surface area contributed by atoms with Gasteiger partial charge in [-0.25, -0.2) is 9.59 Å². The Bertz CT molecular complexity index is 309. The molecule has 3 unspecified atom stereocenters. The van der Waals surface area contributed by atoms with Crippen molar-refractivity contribution in [3.05, 3.63) is 0 Å². The molecule has 110 valence electrons. The molecule has 3 N–H and O–H groups in total. The average Bonchev–Trinajstić information content (AvgIpc) is 2.37. The second-order valence-electron chi connectivity index (χ2n) is 5.16. The monoisotopic (exact) mass is 272 g/mol. The maximum absolute atomic E-state index is 11.8. The third kappa shape index (κ3) is 5.46. The van der Waals surface area contributed by atoms with E-state index < -0.39 is 18.0 Å². The third-order valence-electron chi connectivity index (χ3n) is 3.64. The lowest BCUT2D eigenvalue weighted by Crippen LogP contribution is -2.51. The number of carbonyl (C=O) groups is 2. The van der Waals surface area contributed by atoms with Gasteiger partial charge in [-0.3, -0.25) is 0 Å². The van der Waals surface area contributed by atoms with Crippen LogP contribution < -0.4 is 10.6 Å². The van der Waals surface area contributed by atoms with Crippen LogP contribution in [0.15, 0.2) is 0 Å². The lowest BCUT2D eigenvalue weighted by molar-refractivity contribution is -0.139. The first-order valence-corrected chi connectivity index (χ1v) is 6.83. The van der Waals surface area contributed by atoms with E-state index in [0.29, 0.717) is 12.5 Å². The summed E-state index contributed by atoms with van der Waals surface area (Å²) >= 11 is 0. The van der Waals surface area contributed by atoms with E-state index >= 15 is 0 Å². The Morgan fingerprint density at radius 1 is 1.37 bits per heavy atom. The number of aliphatic carboxylic acids is 1. The van der Waals surface area contributed by atoms with Gasteiger partial charge in [-0.05, 0) is 18.8 Å². The van der Waals surface area contributed by atoms with Crippen molar-refractivity contribution in [3.63, 3.8) is 0 Å². The number of hydrogen-bond acceptors (Lipinski definition) is 3. The molecule has 0 aromatic carbocycles. The van der Waals surface area contributed by atoms with Crippen LogP contribution in [-0.2, 0) is 9.53 Å². The highest BCUT2D eigenvalue weighted by molar-refractivity contribution is 5.82. The Morgan fingerprint density at radius 2 is 2.05 bits per heavy atom. The van der Waals surface area contributed by atoms with Crippen molar-refractivity contribution >= 4 is 12.0 Å². The molecule has 1 aliphatic carbocycles. The Kier molecular flexibility index (Phi) is 6.62. The van der Waals surface area contributed by atoms with E-state index in [1.54, 1.807) is 0 Å². The first-order chi connectivity index (χ1) is 9.04. The van der Waals surface area contributed by atoms with Crippen LogP contribution in [0.5, 0.6) is 0 Å². The number of amides is 2. The average molecular weight is 272 g/mol. The molecule has 1 aliphatic rings. The number of carboxylic acids is 1. The number of nitrogens with one attached hydrogen (secondary N) is 2. The standard InChI is InChI=1S/C13H24N2O4/c1-9-5-3-4-6-10(9)14-13(18)15-11(12(16)17)7-8-19-2/h9-11H,3-8H2,1-2H3,(H,16,17)(H2,14,15,18). The second kappa shape index (κ2) is 7.99. The molecule has 1 fully saturated rings. The molecule has 1 saturated carbocycles. The van der Waals surface area contributed by atoms with Gasteiger partial charge in [0, 0.05) is 26.2 Å². The predicted molar refractivity (Wildman–Crippen MR) is 71.0 cm³/mol. The Labute approximate surface area is 113 Å². The maximum Gasteiger partial charge on any atom is 0.326 e. The molecule has 0 bridgehead atoms. The van der Waals surface area contributed by atoms with E-state index in [4.69, 9.17) is 9.84 Å². The highest BCUT2D eigenvalue weighted by atomic mass is 16.5. The van der Waals surface area contributed by atoms with Crippen LogP contribution >= 0.6 is 0 Å². The Morgan fingerprint density at radius 3 is 2.63 bits per heavy atom. The normalized spacial score (nSPS) is 24.5. The largest absolute Gasteiger partial charge is 0.480 e. The van der Waals surface area contributed by atoms with Crippen molar-refractivity contribution in [3.8, 4) is 0 Å². The molecule has 1 rings (SSSR count). The lowest BCUT2D eigenvalue weighted by Gasteiger charge is -2.30. The number of rotatable bonds is 6. The first kappa shape index (κ1) is 15.8. The number of urea groups is 1. The van der Waals surface area contributed by atoms with Crippen molar-refractivity contribution < 1.29 is 19.4 Å². The van der Waals surface area contributed by atoms with Crippen molar-refractivity contribution in [1.29, 1.82) is 0 Å². The van der Waals surface area contributed by atoms with Crippen LogP contribution in [-0.4, -0.2) is 42.9 Å². The van der Waals surface area contributed by atoms with Crippen LogP contribution in [0.25, 0.3) is 0 Å². The minimum Gasteiger partial charge on any atom is -0.480 e. The van der Waals surface area contributed by atoms with Crippen molar-refractivity contribution in [2.24, 2.45) is 5.92 Å². The summed E-state index contributed by atoms with van der Waals surface area (Å²) in [5, 5.41) is 14.4. The summed E-state index contributed by atoms with van der Waals surface area (Å²) < 4.78 is 4.84. The van der Waals surface area contributed by atoms with Gasteiger partial charge in [0.1, 0.15) is 6.04 Å². The van der Waals surface area contributed by atoms with E-state index in [1.165, 1.54) is 13.5 Å². The van der Waals surface area contributed by atoms with E-state index in [0.717, 1.165) is 19.3 Å². The minimum absolute atomic E-state index is 0.144. The molecule has 6 heteroatoms. The van der Waals surface area contributed by atoms with Crippen molar-refractivity contribution in [1.82, 2.24) is 10.6 Å². The molecule has 2 amide bonds. The van der Waals surface area contributed by atoms with Gasteiger partial charge in [-0.15, -0.1) is 0 Å². The smallest absolute Gasteiger partial charge is 0.326 e. The molecule has 0 spiro atoms. The maximum atomic E-state index is 11.8. The molecule has 6 nitrogen and oxygen atoms in total. The van der Waals surface area contributed by atoms with Crippen molar-refractivity contribution in [2.45, 2.75) is 51.1 Å². The molecule has 0 saturated heterocycles. The number of methoxy groups -OCH3 is 1. The summed E-state index contributed by atoms with van der Waals surface area (Å²) in [5.74, 6) is -0.592. The first-order valence-electron chi connectivity index (χ1n) is 6.83. The number of ether oxygens (including phenoxy) is 1. The highest BCUT2D eigenvalue weighted by Crippen LogP contribution is 2.23. The van der Waals surface area contributed by atoms with Crippen LogP contribution in [0, 0.1) is 5.92 Å². The molecule has 0 aromatic heterocycles. The molecule has 19 heavy (non-hydrogen) atoms. The summed E-state index contributed by atoms with van der Waals surface area (Å²) in [6, 6.07) is -1.16. The summed E-state index contributed by atoms with van der Waals surface area (Å²) in [6.45, 7) is 2.42. The quantitative estimate of drug-likeness (QED) is 0.681. The molecule has 3 atom stereocenters. The van der Waals surface area contributed by atoms with Crippen LogP contribution in [0.3, 0.4) is 0 Å². The number of carboxylic acid groups (broad SMARTS) is 1. The van der Waals surface area contributed by atoms with Crippen LogP contribution in [0.4, 0.5) is 4.79 Å². The molecule has 0 radical (unpaired) electrons. The second-order valence-corrected chi connectivity index (χ2v) is 5.16. The zero-order valence-corrected chi connectivity index (χ0v) is 11.6. The van der Waals surface area contributed by atoms with Crippen molar-refractivity contribution in [2.75, 3.05) is 13.7 Å². The molecule has 0 aliphatic heterocycles. The Hall–Kier alpha value is -1.30. The molecule has 0 aromatic rings. The van der Waals surface area contributed by atoms with Gasteiger partial charge < -0.3 is 20.5 Å². The van der Waals surface area contributed by atoms with Gasteiger partial charge in [0.15, 0.2) is 0 Å². The molecular weight excluding hydrogens is 248 g/mol. The fourth-order valence-electron chi connectivity index (χ4n) is 2.39. The van der Waals surface area contributed by atoms with E-state index in [2.05, 4.69) is 17.6 Å². The van der Waals surface area contributed by atoms with Gasteiger partial charge in [0.2, 0.25) is 0 Å². The van der Waals surface area contributed by atoms with Gasteiger partial charge in [-0.2, -0.15) is 0 Å². The van der Waals surface area contributed by atoms with Gasteiger partial charge in [0.05, 0.1) is 0 Å². The summed E-state index contributed by atoms with van der Waals surface area (Å²) in [5.41, 5.74) is 0. The van der Waals surface area contributed by atoms with E-state index in [9.17, 15) is 9.59 Å². The molecule has 0 heterocycles. The SMILES string of the molecule is COCCC(NC(=O)NC1CCCCC1C)C(=O)O. The van der Waals surface area contributed by atoms with Gasteiger partial charge in [0.25, 0.3) is 0 Å². The van der Waals surface area contributed by atoms with Crippen LogP contribution in [0.2, 0.25) is 0 Å².